The lowest BCUT2D eigenvalue weighted by Crippen LogP contribution is -2.21. The zero-order valence-electron chi connectivity index (χ0n) is 10.3. The molecular weight excluding hydrogens is 322 g/mol. The first-order valence-corrected chi connectivity index (χ1v) is 7.01. The summed E-state index contributed by atoms with van der Waals surface area (Å²) in [5.74, 6) is -0.430. The predicted octanol–water partition coefficient (Wildman–Crippen LogP) is 4.90. The molecule has 0 saturated carbocycles. The minimum absolute atomic E-state index is 0.248. The number of nitrogens with two attached hydrogens (primary N) is 1. The molecule has 0 amide bonds. The number of hydrogen-bond donors (Lipinski definition) is 2. The van der Waals surface area contributed by atoms with Crippen LogP contribution in [0.25, 0.3) is 0 Å². The van der Waals surface area contributed by atoms with Gasteiger partial charge in [0.1, 0.15) is 5.82 Å². The lowest BCUT2D eigenvalue weighted by atomic mass is 10.1. The first kappa shape index (κ1) is 15.4. The van der Waals surface area contributed by atoms with Gasteiger partial charge < -0.3 is 11.1 Å². The molecule has 0 aliphatic rings. The van der Waals surface area contributed by atoms with Gasteiger partial charge in [-0.15, -0.1) is 0 Å². The van der Waals surface area contributed by atoms with Gasteiger partial charge in [0.2, 0.25) is 0 Å². The smallest absolute Gasteiger partial charge is 0.126 e. The Morgan fingerprint density at radius 3 is 2.30 bits per heavy atom. The first-order chi connectivity index (χ1) is 9.51. The molecule has 2 aromatic carbocycles. The lowest BCUT2D eigenvalue weighted by Gasteiger charge is -2.21. The van der Waals surface area contributed by atoms with Crippen molar-refractivity contribution in [2.45, 2.75) is 6.04 Å². The summed E-state index contributed by atoms with van der Waals surface area (Å²) in [5.41, 5.74) is 6.95. The van der Waals surface area contributed by atoms with Gasteiger partial charge in [-0.3, -0.25) is 0 Å². The Labute approximate surface area is 131 Å². The Morgan fingerprint density at radius 1 is 1.10 bits per heavy atom. The molecule has 0 aliphatic carbocycles. The van der Waals surface area contributed by atoms with E-state index >= 15 is 0 Å². The molecule has 1 atom stereocenters. The minimum Gasteiger partial charge on any atom is -0.377 e. The van der Waals surface area contributed by atoms with Crippen molar-refractivity contribution in [3.05, 3.63) is 62.8 Å². The molecule has 0 heterocycles. The van der Waals surface area contributed by atoms with Crippen molar-refractivity contribution >= 4 is 40.5 Å². The predicted molar refractivity (Wildman–Crippen MR) is 83.3 cm³/mol. The minimum atomic E-state index is -0.430. The third-order valence-electron chi connectivity index (χ3n) is 2.79. The summed E-state index contributed by atoms with van der Waals surface area (Å²) in [5, 5.41) is 4.39. The Bertz CT molecular complexity index is 579. The van der Waals surface area contributed by atoms with Gasteiger partial charge >= 0.3 is 0 Å². The maximum atomic E-state index is 13.3. The van der Waals surface area contributed by atoms with Gasteiger partial charge in [-0.1, -0.05) is 40.9 Å². The highest BCUT2D eigenvalue weighted by Crippen LogP contribution is 2.32. The van der Waals surface area contributed by atoms with Gasteiger partial charge in [0.15, 0.2) is 0 Å². The van der Waals surface area contributed by atoms with E-state index in [0.29, 0.717) is 26.3 Å². The normalized spacial score (nSPS) is 12.2. The lowest BCUT2D eigenvalue weighted by molar-refractivity contribution is 0.627. The number of nitrogens with one attached hydrogen (secondary N) is 1. The van der Waals surface area contributed by atoms with Crippen LogP contribution in [0.5, 0.6) is 0 Å². The van der Waals surface area contributed by atoms with Crippen molar-refractivity contribution in [2.24, 2.45) is 5.73 Å². The molecule has 0 aromatic heterocycles. The van der Waals surface area contributed by atoms with E-state index in [9.17, 15) is 4.39 Å². The van der Waals surface area contributed by atoms with Gasteiger partial charge in [-0.05, 0) is 30.3 Å². The molecule has 0 spiro atoms. The average molecular weight is 334 g/mol. The molecule has 106 valence electrons. The van der Waals surface area contributed by atoms with Gasteiger partial charge in [0.05, 0.1) is 6.04 Å². The van der Waals surface area contributed by atoms with Crippen molar-refractivity contribution in [3.8, 4) is 0 Å². The molecule has 0 saturated heterocycles. The molecule has 1 unspecified atom stereocenters. The number of hydrogen-bond acceptors (Lipinski definition) is 2. The summed E-state index contributed by atoms with van der Waals surface area (Å²) in [6, 6.07) is 9.04. The van der Waals surface area contributed by atoms with Crippen molar-refractivity contribution < 1.29 is 4.39 Å². The molecule has 3 N–H and O–H groups in total. The summed E-state index contributed by atoms with van der Waals surface area (Å²) in [6.45, 7) is 0.248. The van der Waals surface area contributed by atoms with Crippen LogP contribution in [0, 0.1) is 5.82 Å². The van der Waals surface area contributed by atoms with Crippen LogP contribution in [0.15, 0.2) is 36.4 Å². The molecule has 2 nitrogen and oxygen atoms in total. The monoisotopic (exact) mass is 332 g/mol. The van der Waals surface area contributed by atoms with Crippen molar-refractivity contribution in [3.63, 3.8) is 0 Å². The number of rotatable bonds is 4. The molecular formula is C14H12Cl3FN2. The van der Waals surface area contributed by atoms with E-state index in [2.05, 4.69) is 5.32 Å². The van der Waals surface area contributed by atoms with Crippen LogP contribution in [-0.4, -0.2) is 6.54 Å². The van der Waals surface area contributed by atoms with E-state index in [4.69, 9.17) is 40.5 Å². The molecule has 2 aromatic rings. The highest BCUT2D eigenvalue weighted by Gasteiger charge is 2.17. The maximum Gasteiger partial charge on any atom is 0.126 e. The van der Waals surface area contributed by atoms with Gasteiger partial charge in [-0.2, -0.15) is 0 Å². The van der Waals surface area contributed by atoms with E-state index in [0.717, 1.165) is 0 Å². The second kappa shape index (κ2) is 6.64. The van der Waals surface area contributed by atoms with E-state index < -0.39 is 5.82 Å². The van der Waals surface area contributed by atoms with Crippen LogP contribution in [0.4, 0.5) is 10.1 Å². The Hall–Kier alpha value is -1.00. The fourth-order valence-corrected chi connectivity index (χ4v) is 2.81. The van der Waals surface area contributed by atoms with Crippen molar-refractivity contribution in [1.29, 1.82) is 0 Å². The summed E-state index contributed by atoms with van der Waals surface area (Å²) < 4.78 is 13.3. The zero-order valence-corrected chi connectivity index (χ0v) is 12.6. The molecule has 0 bridgehead atoms. The maximum absolute atomic E-state index is 13.3. The SMILES string of the molecule is NCC(Nc1cc(F)cc(Cl)c1)c1c(Cl)cccc1Cl. The summed E-state index contributed by atoms with van der Waals surface area (Å²) in [6.07, 6.45) is 0. The number of anilines is 1. The highest BCUT2D eigenvalue weighted by atomic mass is 35.5. The second-order valence-corrected chi connectivity index (χ2v) is 5.48. The molecule has 2 rings (SSSR count). The summed E-state index contributed by atoms with van der Waals surface area (Å²) in [7, 11) is 0. The van der Waals surface area contributed by atoms with Crippen LogP contribution in [0.1, 0.15) is 11.6 Å². The second-order valence-electron chi connectivity index (χ2n) is 4.23. The van der Waals surface area contributed by atoms with Crippen LogP contribution in [0.3, 0.4) is 0 Å². The molecule has 6 heteroatoms. The fraction of sp³-hybridized carbons (Fsp3) is 0.143. The van der Waals surface area contributed by atoms with E-state index in [1.54, 1.807) is 24.3 Å². The topological polar surface area (TPSA) is 38.0 Å². The Kier molecular flexibility index (Phi) is 5.11. The zero-order chi connectivity index (χ0) is 14.7. The van der Waals surface area contributed by atoms with E-state index in [1.807, 2.05) is 0 Å². The fourth-order valence-electron chi connectivity index (χ4n) is 1.93. The van der Waals surface area contributed by atoms with Crippen LogP contribution in [-0.2, 0) is 0 Å². The van der Waals surface area contributed by atoms with Gasteiger partial charge in [0.25, 0.3) is 0 Å². The van der Waals surface area contributed by atoms with E-state index in [1.165, 1.54) is 12.1 Å². The average Bonchev–Trinajstić information content (AvgIpc) is 2.36. The number of halogens is 4. The molecule has 0 aliphatic heterocycles. The quantitative estimate of drug-likeness (QED) is 0.835. The third kappa shape index (κ3) is 3.55. The standard InChI is InChI=1S/C14H12Cl3FN2/c15-8-4-9(18)6-10(5-8)20-13(7-19)14-11(16)2-1-3-12(14)17/h1-6,13,20H,7,19H2. The molecule has 20 heavy (non-hydrogen) atoms. The number of benzene rings is 2. The molecule has 0 radical (unpaired) electrons. The largest absolute Gasteiger partial charge is 0.377 e. The first-order valence-electron chi connectivity index (χ1n) is 5.88. The highest BCUT2D eigenvalue weighted by molar-refractivity contribution is 6.36. The Balaban J connectivity index is 2.34. The van der Waals surface area contributed by atoms with Crippen LogP contribution < -0.4 is 11.1 Å². The van der Waals surface area contributed by atoms with Crippen LogP contribution in [0.2, 0.25) is 15.1 Å². The van der Waals surface area contributed by atoms with Crippen molar-refractivity contribution in [1.82, 2.24) is 0 Å². The Morgan fingerprint density at radius 2 is 1.75 bits per heavy atom. The van der Waals surface area contributed by atoms with Crippen LogP contribution >= 0.6 is 34.8 Å². The van der Waals surface area contributed by atoms with Crippen molar-refractivity contribution in [2.75, 3.05) is 11.9 Å². The van der Waals surface area contributed by atoms with Gasteiger partial charge in [0, 0.05) is 32.9 Å². The summed E-state index contributed by atoms with van der Waals surface area (Å²) >= 11 is 18.1. The van der Waals surface area contributed by atoms with Gasteiger partial charge in [-0.25, -0.2) is 4.39 Å². The van der Waals surface area contributed by atoms with E-state index in [-0.39, 0.29) is 12.6 Å². The summed E-state index contributed by atoms with van der Waals surface area (Å²) in [4.78, 5) is 0. The molecule has 0 fully saturated rings. The third-order valence-corrected chi connectivity index (χ3v) is 3.66.